The van der Waals surface area contributed by atoms with Crippen LogP contribution in [0.5, 0.6) is 11.8 Å². The van der Waals surface area contributed by atoms with Gasteiger partial charge in [-0.2, -0.15) is 15.1 Å². The molecule has 7 heterocycles. The monoisotopic (exact) mass is 937 g/mol. The number of aromatic hydroxyl groups is 1. The van der Waals surface area contributed by atoms with Crippen molar-refractivity contribution in [3.05, 3.63) is 77.1 Å². The number of imide groups is 1. The Morgan fingerprint density at radius 2 is 1.77 bits per heavy atom. The molecule has 6 aromatic rings. The molecular formula is C53H57F2N9O5. The molecule has 358 valence electrons. The number of fused-ring (bicyclic) bond motifs is 3. The number of carbonyl (C=O) groups excluding carboxylic acids is 2. The topological polar surface area (TPSA) is 162 Å². The Morgan fingerprint density at radius 1 is 0.971 bits per heavy atom. The molecule has 3 N–H and O–H groups in total. The Labute approximate surface area is 399 Å². The molecule has 14 nitrogen and oxygen atoms in total. The molecule has 3 aromatic carbocycles. The normalized spacial score (nSPS) is 22.9. The third-order valence-electron chi connectivity index (χ3n) is 15.6. The number of likely N-dealkylation sites (tertiary alicyclic amines) is 2. The molecular weight excluding hydrogens is 881 g/mol. The van der Waals surface area contributed by atoms with Gasteiger partial charge in [0, 0.05) is 67.1 Å². The third-order valence-corrected chi connectivity index (χ3v) is 15.6. The van der Waals surface area contributed by atoms with E-state index in [1.165, 1.54) is 36.0 Å². The number of phenols is 1. The highest BCUT2D eigenvalue weighted by Gasteiger charge is 2.46. The van der Waals surface area contributed by atoms with Crippen molar-refractivity contribution in [3.8, 4) is 35.4 Å². The Kier molecular flexibility index (Phi) is 11.5. The molecule has 4 aliphatic heterocycles. The molecule has 0 radical (unpaired) electrons. The predicted molar refractivity (Wildman–Crippen MR) is 258 cm³/mol. The first-order chi connectivity index (χ1) is 33.3. The van der Waals surface area contributed by atoms with Gasteiger partial charge in [0.2, 0.25) is 11.8 Å². The van der Waals surface area contributed by atoms with Crippen LogP contribution in [0.15, 0.2) is 48.7 Å². The number of benzene rings is 3. The summed E-state index contributed by atoms with van der Waals surface area (Å²) < 4.78 is 40.5. The number of nitrogens with one attached hydrogen (secondary N) is 1. The second-order valence-corrected chi connectivity index (χ2v) is 20.6. The first-order valence-electron chi connectivity index (χ1n) is 24.4. The number of carbonyl (C=O) groups is 2. The molecule has 16 heteroatoms. The van der Waals surface area contributed by atoms with Crippen LogP contribution in [0.4, 0.5) is 14.6 Å². The van der Waals surface area contributed by atoms with Gasteiger partial charge in [0.05, 0.1) is 40.3 Å². The van der Waals surface area contributed by atoms with Crippen LogP contribution >= 0.6 is 0 Å². The van der Waals surface area contributed by atoms with Gasteiger partial charge in [-0.15, -0.1) is 6.42 Å². The third kappa shape index (κ3) is 8.52. The van der Waals surface area contributed by atoms with Crippen LogP contribution in [-0.4, -0.2) is 121 Å². The highest BCUT2D eigenvalue weighted by Crippen LogP contribution is 2.48. The first kappa shape index (κ1) is 45.2. The summed E-state index contributed by atoms with van der Waals surface area (Å²) in [6.45, 7) is 7.92. The van der Waals surface area contributed by atoms with Crippen LogP contribution in [0.2, 0.25) is 0 Å². The number of hydrogen-bond acceptors (Lipinski definition) is 12. The highest BCUT2D eigenvalue weighted by molar-refractivity contribution is 6.04. The van der Waals surface area contributed by atoms with Gasteiger partial charge in [-0.1, -0.05) is 30.2 Å². The number of aliphatic hydroxyl groups is 1. The summed E-state index contributed by atoms with van der Waals surface area (Å²) in [6.07, 6.45) is 15.6. The maximum atomic E-state index is 17.1. The number of amides is 2. The number of aryl methyl sites for hydroxylation is 1. The number of pyridine rings is 1. The molecule has 2 amide bonds. The Morgan fingerprint density at radius 3 is 2.51 bits per heavy atom. The van der Waals surface area contributed by atoms with E-state index < -0.39 is 23.2 Å². The highest BCUT2D eigenvalue weighted by atomic mass is 19.1. The van der Waals surface area contributed by atoms with Crippen LogP contribution < -0.4 is 15.0 Å². The quantitative estimate of drug-likeness (QED) is 0.0948. The lowest BCUT2D eigenvalue weighted by Crippen LogP contribution is -2.48. The fourth-order valence-corrected chi connectivity index (χ4v) is 11.8. The zero-order valence-corrected chi connectivity index (χ0v) is 39.1. The average Bonchev–Trinajstić information content (AvgIpc) is 4.02. The zero-order chi connectivity index (χ0) is 47.8. The smallest absolute Gasteiger partial charge is 0.319 e. The fraction of sp³-hybridized carbons (Fsp3) is 0.472. The number of nitrogens with zero attached hydrogens (tertiary/aromatic N) is 8. The van der Waals surface area contributed by atoms with Crippen LogP contribution in [0.3, 0.4) is 0 Å². The number of phenolic OH excluding ortho intramolecular Hbond substituents is 1. The van der Waals surface area contributed by atoms with Gasteiger partial charge in [-0.05, 0) is 126 Å². The van der Waals surface area contributed by atoms with Crippen LogP contribution in [-0.2, 0) is 16.6 Å². The number of rotatable bonds is 10. The van der Waals surface area contributed by atoms with Gasteiger partial charge in [0.25, 0.3) is 0 Å². The van der Waals surface area contributed by atoms with E-state index in [1.54, 1.807) is 6.92 Å². The van der Waals surface area contributed by atoms with Gasteiger partial charge in [-0.3, -0.25) is 24.6 Å². The molecule has 1 saturated carbocycles. The summed E-state index contributed by atoms with van der Waals surface area (Å²) in [6, 6.07) is 12.4. The van der Waals surface area contributed by atoms with Gasteiger partial charge in [0.15, 0.2) is 5.82 Å². The van der Waals surface area contributed by atoms with Gasteiger partial charge in [0.1, 0.15) is 28.6 Å². The fourth-order valence-electron chi connectivity index (χ4n) is 11.8. The van der Waals surface area contributed by atoms with Crippen molar-refractivity contribution >= 4 is 50.2 Å². The van der Waals surface area contributed by atoms with Crippen LogP contribution in [0, 0.1) is 29.4 Å². The molecule has 2 atom stereocenters. The lowest BCUT2D eigenvalue weighted by molar-refractivity contribution is -0.134. The van der Waals surface area contributed by atoms with E-state index in [0.29, 0.717) is 67.4 Å². The summed E-state index contributed by atoms with van der Waals surface area (Å²) in [5.74, 6) is 0.696. The van der Waals surface area contributed by atoms with E-state index >= 15 is 8.78 Å². The summed E-state index contributed by atoms with van der Waals surface area (Å²) in [5.41, 5.74) is 1.94. The second kappa shape index (κ2) is 17.6. The summed E-state index contributed by atoms with van der Waals surface area (Å²) in [7, 11) is 1.95. The minimum absolute atomic E-state index is 0.0256. The van der Waals surface area contributed by atoms with E-state index in [0.717, 1.165) is 87.8 Å². The predicted octanol–water partition coefficient (Wildman–Crippen LogP) is 7.07. The molecule has 3 aromatic heterocycles. The SMILES string of the molecule is C#Cc1c(F)ccc2cc(O)cc(-c3ncc4c(N5CCC[C@@](C)(O)C5)nc(OCC5(CN6CCC(N7CCC(c8cccc9c(C%10CCC(=O)NC%10=O)nn(C)c89)CC7)CC6)CC5)nc4c3F)c12. The molecule has 5 aliphatic rings. The van der Waals surface area contributed by atoms with Crippen molar-refractivity contribution in [1.82, 2.24) is 39.8 Å². The molecule has 1 unspecified atom stereocenters. The van der Waals surface area contributed by atoms with E-state index in [1.807, 2.05) is 16.6 Å². The Hall–Kier alpha value is -6.28. The number of aromatic nitrogens is 5. The number of para-hydroxylation sites is 1. The standard InChI is InChI=1S/C53H57F2N9O5/c1-4-35-41(54)11-9-32-25-34(65)26-39(43(32)35)46-44(55)47-40(27-56-46)49(64-20-6-17-52(2,68)28-64)59-51(58-47)69-30-53(18-19-53)29-62-21-15-33(16-22-62)63-23-13-31(14-24-63)36-7-5-8-37-45(60-61(3)48(36)37)38-10-12-42(66)57-50(38)67/h1,5,7-9,11,25-27,31,33,38,65,68H,6,10,12-24,28-30H2,2-3H3,(H,57,66,67)/t38?,52-/m1/s1. The number of anilines is 1. The van der Waals surface area contributed by atoms with E-state index in [9.17, 15) is 19.8 Å². The van der Waals surface area contributed by atoms with Crippen molar-refractivity contribution in [2.45, 2.75) is 94.6 Å². The van der Waals surface area contributed by atoms with Gasteiger partial charge < -0.3 is 29.6 Å². The van der Waals surface area contributed by atoms with Crippen molar-refractivity contribution in [2.75, 3.05) is 57.3 Å². The number of ether oxygens (including phenoxy) is 1. The number of terminal acetylenes is 1. The van der Waals surface area contributed by atoms with E-state index in [4.69, 9.17) is 21.2 Å². The molecule has 4 saturated heterocycles. The summed E-state index contributed by atoms with van der Waals surface area (Å²) in [4.78, 5) is 45.8. The summed E-state index contributed by atoms with van der Waals surface area (Å²) in [5, 5.41) is 31.1. The first-order valence-corrected chi connectivity index (χ1v) is 24.4. The van der Waals surface area contributed by atoms with Crippen molar-refractivity contribution < 1.29 is 33.3 Å². The lowest BCUT2D eigenvalue weighted by atomic mass is 9.85. The second-order valence-electron chi connectivity index (χ2n) is 20.6. The number of piperidine rings is 4. The average molecular weight is 938 g/mol. The largest absolute Gasteiger partial charge is 0.508 e. The maximum Gasteiger partial charge on any atom is 0.319 e. The van der Waals surface area contributed by atoms with Crippen LogP contribution in [0.1, 0.15) is 99.8 Å². The van der Waals surface area contributed by atoms with E-state index in [2.05, 4.69) is 49.2 Å². The van der Waals surface area contributed by atoms with Crippen LogP contribution in [0.25, 0.3) is 43.8 Å². The molecule has 0 spiro atoms. The maximum absolute atomic E-state index is 17.1. The number of halogens is 2. The van der Waals surface area contributed by atoms with E-state index in [-0.39, 0.29) is 63.3 Å². The molecule has 0 bridgehead atoms. The Bertz CT molecular complexity index is 3080. The van der Waals surface area contributed by atoms with Crippen molar-refractivity contribution in [2.24, 2.45) is 12.5 Å². The molecule has 69 heavy (non-hydrogen) atoms. The summed E-state index contributed by atoms with van der Waals surface area (Å²) >= 11 is 0. The molecule has 11 rings (SSSR count). The minimum Gasteiger partial charge on any atom is -0.508 e. The van der Waals surface area contributed by atoms with Crippen molar-refractivity contribution in [1.29, 1.82) is 0 Å². The molecule has 1 aliphatic carbocycles. The number of hydrogen-bond donors (Lipinski definition) is 3. The minimum atomic E-state index is -0.983. The number of β-amino-alcohol motifs (C(OH)–C–C–N with tert-alkyl or cyclic N) is 1. The Balaban J connectivity index is 0.766. The van der Waals surface area contributed by atoms with Gasteiger partial charge >= 0.3 is 6.01 Å². The van der Waals surface area contributed by atoms with Gasteiger partial charge in [-0.25, -0.2) is 8.78 Å². The van der Waals surface area contributed by atoms with Crippen molar-refractivity contribution in [3.63, 3.8) is 0 Å². The molecule has 5 fully saturated rings. The zero-order valence-electron chi connectivity index (χ0n) is 39.1. The lowest BCUT2D eigenvalue weighted by Gasteiger charge is -2.42.